The number of hydrogen-bond donors (Lipinski definition) is 2. The van der Waals surface area contributed by atoms with Gasteiger partial charge >= 0.3 is 0 Å². The molecule has 2 unspecified atom stereocenters. The van der Waals surface area contributed by atoms with Gasteiger partial charge in [-0.25, -0.2) is 0 Å². The summed E-state index contributed by atoms with van der Waals surface area (Å²) in [4.78, 5) is 12.1. The van der Waals surface area contributed by atoms with Gasteiger partial charge in [0.15, 0.2) is 0 Å². The second kappa shape index (κ2) is 7.90. The van der Waals surface area contributed by atoms with Crippen LogP contribution in [0.25, 0.3) is 0 Å². The highest BCUT2D eigenvalue weighted by molar-refractivity contribution is 7.15. The summed E-state index contributed by atoms with van der Waals surface area (Å²) in [6, 6.07) is 0.172. The SMILES string of the molecule is CCC(CC)c1nnc(NC(=O)C2CCC(N)C2)s1.Cl. The maximum Gasteiger partial charge on any atom is 0.229 e. The number of amides is 1. The van der Waals surface area contributed by atoms with E-state index in [1.165, 1.54) is 11.3 Å². The van der Waals surface area contributed by atoms with Crippen LogP contribution in [0.1, 0.15) is 56.9 Å². The summed E-state index contributed by atoms with van der Waals surface area (Å²) >= 11 is 1.49. The average Bonchev–Trinajstić information content (AvgIpc) is 3.00. The smallest absolute Gasteiger partial charge is 0.229 e. The van der Waals surface area contributed by atoms with Crippen LogP contribution in [0, 0.1) is 5.92 Å². The number of carbonyl (C=O) groups is 1. The minimum Gasteiger partial charge on any atom is -0.328 e. The van der Waals surface area contributed by atoms with Crippen molar-refractivity contribution in [3.63, 3.8) is 0 Å². The third-order valence-electron chi connectivity index (χ3n) is 3.85. The fraction of sp³-hybridized carbons (Fsp3) is 0.769. The molecule has 1 saturated carbocycles. The summed E-state index contributed by atoms with van der Waals surface area (Å²) in [7, 11) is 0. The highest BCUT2D eigenvalue weighted by Gasteiger charge is 2.28. The van der Waals surface area contributed by atoms with Crippen molar-refractivity contribution in [1.29, 1.82) is 0 Å². The zero-order chi connectivity index (χ0) is 13.8. The van der Waals surface area contributed by atoms with E-state index in [4.69, 9.17) is 5.73 Å². The molecule has 114 valence electrons. The molecule has 0 radical (unpaired) electrons. The first kappa shape index (κ1) is 17.3. The van der Waals surface area contributed by atoms with E-state index in [0.29, 0.717) is 11.0 Å². The molecule has 0 aliphatic heterocycles. The number of halogens is 1. The van der Waals surface area contributed by atoms with Crippen LogP contribution in [0.5, 0.6) is 0 Å². The van der Waals surface area contributed by atoms with Crippen molar-refractivity contribution < 1.29 is 4.79 Å². The van der Waals surface area contributed by atoms with Crippen molar-refractivity contribution in [1.82, 2.24) is 10.2 Å². The lowest BCUT2D eigenvalue weighted by Gasteiger charge is -2.08. The van der Waals surface area contributed by atoms with E-state index in [-0.39, 0.29) is 30.3 Å². The zero-order valence-corrected chi connectivity index (χ0v) is 13.6. The molecule has 1 aliphatic rings. The predicted octanol–water partition coefficient (Wildman–Crippen LogP) is 2.93. The van der Waals surface area contributed by atoms with Crippen LogP contribution < -0.4 is 11.1 Å². The maximum absolute atomic E-state index is 12.1. The Bertz CT molecular complexity index is 436. The second-order valence-electron chi connectivity index (χ2n) is 5.22. The van der Waals surface area contributed by atoms with Crippen molar-refractivity contribution in [2.24, 2.45) is 11.7 Å². The Kier molecular flexibility index (Phi) is 6.85. The summed E-state index contributed by atoms with van der Waals surface area (Å²) in [5.74, 6) is 0.527. The molecule has 0 aromatic carbocycles. The van der Waals surface area contributed by atoms with Gasteiger partial charge in [-0.2, -0.15) is 0 Å². The normalized spacial score (nSPS) is 21.8. The molecule has 0 saturated heterocycles. The van der Waals surface area contributed by atoms with Crippen molar-refractivity contribution in [2.45, 2.75) is 57.9 Å². The standard InChI is InChI=1S/C13H22N4OS.ClH/c1-3-8(4-2)12-16-17-13(19-12)15-11(18)9-5-6-10(14)7-9;/h8-10H,3-7,14H2,1-2H3,(H,15,17,18);1H. The van der Waals surface area contributed by atoms with Crippen LogP contribution in [0.3, 0.4) is 0 Å². The molecule has 5 nitrogen and oxygen atoms in total. The van der Waals surface area contributed by atoms with Gasteiger partial charge in [-0.3, -0.25) is 4.79 Å². The van der Waals surface area contributed by atoms with Gasteiger partial charge in [0, 0.05) is 17.9 Å². The van der Waals surface area contributed by atoms with Crippen molar-refractivity contribution in [3.8, 4) is 0 Å². The predicted molar refractivity (Wildman–Crippen MR) is 84.4 cm³/mol. The van der Waals surface area contributed by atoms with E-state index in [9.17, 15) is 4.79 Å². The lowest BCUT2D eigenvalue weighted by Crippen LogP contribution is -2.23. The average molecular weight is 319 g/mol. The minimum atomic E-state index is 0. The molecule has 1 aliphatic carbocycles. The number of rotatable bonds is 5. The maximum atomic E-state index is 12.1. The third kappa shape index (κ3) is 4.14. The Morgan fingerprint density at radius 2 is 2.10 bits per heavy atom. The molecule has 20 heavy (non-hydrogen) atoms. The van der Waals surface area contributed by atoms with E-state index >= 15 is 0 Å². The number of nitrogens with one attached hydrogen (secondary N) is 1. The molecule has 3 N–H and O–H groups in total. The zero-order valence-electron chi connectivity index (χ0n) is 12.0. The van der Waals surface area contributed by atoms with Crippen LogP contribution in [0.15, 0.2) is 0 Å². The largest absolute Gasteiger partial charge is 0.328 e. The van der Waals surface area contributed by atoms with Crippen LogP contribution in [0.4, 0.5) is 5.13 Å². The lowest BCUT2D eigenvalue weighted by atomic mass is 10.1. The highest BCUT2D eigenvalue weighted by atomic mass is 35.5. The van der Waals surface area contributed by atoms with Gasteiger partial charge in [0.2, 0.25) is 11.0 Å². The first-order valence-electron chi connectivity index (χ1n) is 7.03. The number of hydrogen-bond acceptors (Lipinski definition) is 5. The van der Waals surface area contributed by atoms with Crippen molar-refractivity contribution >= 4 is 34.8 Å². The van der Waals surface area contributed by atoms with Crippen molar-refractivity contribution in [3.05, 3.63) is 5.01 Å². The second-order valence-corrected chi connectivity index (χ2v) is 6.23. The van der Waals surface area contributed by atoms with Gasteiger partial charge in [0.05, 0.1) is 0 Å². The first-order chi connectivity index (χ1) is 9.13. The number of aromatic nitrogens is 2. The summed E-state index contributed by atoms with van der Waals surface area (Å²) in [5.41, 5.74) is 5.83. The molecule has 1 aromatic rings. The van der Waals surface area contributed by atoms with Gasteiger partial charge < -0.3 is 11.1 Å². The van der Waals surface area contributed by atoms with E-state index in [1.54, 1.807) is 0 Å². The monoisotopic (exact) mass is 318 g/mol. The molecule has 1 heterocycles. The number of carbonyl (C=O) groups excluding carboxylic acids is 1. The Hall–Kier alpha value is -0.720. The fourth-order valence-electron chi connectivity index (χ4n) is 2.55. The van der Waals surface area contributed by atoms with Gasteiger partial charge in [-0.05, 0) is 32.1 Å². The van der Waals surface area contributed by atoms with E-state index in [1.807, 2.05) is 0 Å². The molecule has 2 rings (SSSR count). The highest BCUT2D eigenvalue weighted by Crippen LogP contribution is 2.29. The Balaban J connectivity index is 0.00000200. The van der Waals surface area contributed by atoms with Crippen molar-refractivity contribution in [2.75, 3.05) is 5.32 Å². The summed E-state index contributed by atoms with van der Waals surface area (Å²) in [6.07, 6.45) is 4.70. The molecule has 0 spiro atoms. The molecule has 1 amide bonds. The molecule has 0 bridgehead atoms. The molecular formula is C13H23ClN4OS. The van der Waals surface area contributed by atoms with Gasteiger partial charge in [-0.1, -0.05) is 25.2 Å². The van der Waals surface area contributed by atoms with Crippen LogP contribution in [0.2, 0.25) is 0 Å². The third-order valence-corrected chi connectivity index (χ3v) is 4.85. The number of nitrogens with two attached hydrogens (primary N) is 1. The molecule has 1 fully saturated rings. The van der Waals surface area contributed by atoms with Crippen LogP contribution >= 0.6 is 23.7 Å². The topological polar surface area (TPSA) is 80.9 Å². The van der Waals surface area contributed by atoms with Crippen LogP contribution in [-0.2, 0) is 4.79 Å². The lowest BCUT2D eigenvalue weighted by molar-refractivity contribution is -0.119. The summed E-state index contributed by atoms with van der Waals surface area (Å²) in [5, 5.41) is 12.8. The Morgan fingerprint density at radius 3 is 2.65 bits per heavy atom. The van der Waals surface area contributed by atoms with Gasteiger partial charge in [-0.15, -0.1) is 22.6 Å². The van der Waals surface area contributed by atoms with E-state index in [2.05, 4.69) is 29.4 Å². The number of nitrogens with zero attached hydrogens (tertiary/aromatic N) is 2. The molecule has 7 heteroatoms. The quantitative estimate of drug-likeness (QED) is 0.874. The molecular weight excluding hydrogens is 296 g/mol. The molecule has 1 aromatic heterocycles. The van der Waals surface area contributed by atoms with Crippen LogP contribution in [-0.4, -0.2) is 22.1 Å². The van der Waals surface area contributed by atoms with E-state index < -0.39 is 0 Å². The summed E-state index contributed by atoms with van der Waals surface area (Å²) < 4.78 is 0. The van der Waals surface area contributed by atoms with Gasteiger partial charge in [0.1, 0.15) is 5.01 Å². The minimum absolute atomic E-state index is 0. The molecule has 2 atom stereocenters. The Morgan fingerprint density at radius 1 is 1.40 bits per heavy atom. The van der Waals surface area contributed by atoms with Gasteiger partial charge in [0.25, 0.3) is 0 Å². The summed E-state index contributed by atoms with van der Waals surface area (Å²) in [6.45, 7) is 4.29. The Labute approximate surface area is 130 Å². The van der Waals surface area contributed by atoms with E-state index in [0.717, 1.165) is 37.1 Å². The fourth-order valence-corrected chi connectivity index (χ4v) is 3.56. The first-order valence-corrected chi connectivity index (χ1v) is 7.85. The number of anilines is 1.